The molecule has 5 heteroatoms. The summed E-state index contributed by atoms with van der Waals surface area (Å²) in [6.07, 6.45) is 2.08. The monoisotopic (exact) mass is 339 g/mol. The first-order chi connectivity index (χ1) is 9.58. The second kappa shape index (κ2) is 6.70. The van der Waals surface area contributed by atoms with E-state index < -0.39 is 11.6 Å². The molecule has 2 aromatic rings. The van der Waals surface area contributed by atoms with Gasteiger partial charge in [0.2, 0.25) is 0 Å². The Balaban J connectivity index is 2.00. The van der Waals surface area contributed by atoms with Crippen LogP contribution in [0.4, 0.5) is 8.78 Å². The molecule has 104 valence electrons. The zero-order valence-electron chi connectivity index (χ0n) is 10.6. The predicted molar refractivity (Wildman–Crippen MR) is 75.3 cm³/mol. The number of pyridine rings is 1. The molecule has 1 aromatic carbocycles. The van der Waals surface area contributed by atoms with Crippen molar-refractivity contribution in [1.82, 2.24) is 4.98 Å². The summed E-state index contributed by atoms with van der Waals surface area (Å²) in [6, 6.07) is 7.87. The van der Waals surface area contributed by atoms with Gasteiger partial charge in [0.25, 0.3) is 0 Å². The fourth-order valence-electron chi connectivity index (χ4n) is 1.83. The van der Waals surface area contributed by atoms with Crippen LogP contribution in [0.1, 0.15) is 17.7 Å². The van der Waals surface area contributed by atoms with Gasteiger partial charge in [0, 0.05) is 30.3 Å². The third-order valence-electron chi connectivity index (χ3n) is 2.90. The van der Waals surface area contributed by atoms with E-state index in [2.05, 4.69) is 20.9 Å². The highest BCUT2D eigenvalue weighted by Crippen LogP contribution is 2.22. The van der Waals surface area contributed by atoms with Crippen molar-refractivity contribution >= 4 is 21.7 Å². The Morgan fingerprint density at radius 1 is 1.20 bits per heavy atom. The fourth-order valence-corrected chi connectivity index (χ4v) is 2.20. The van der Waals surface area contributed by atoms with Gasteiger partial charge in [-0.25, -0.2) is 8.78 Å². The van der Waals surface area contributed by atoms with E-state index in [1.54, 1.807) is 12.3 Å². The summed E-state index contributed by atoms with van der Waals surface area (Å²) >= 11 is 2.98. The molecule has 0 saturated heterocycles. The van der Waals surface area contributed by atoms with Gasteiger partial charge in [-0.3, -0.25) is 9.78 Å². The summed E-state index contributed by atoms with van der Waals surface area (Å²) in [5.74, 6) is -1.63. The number of carbonyl (C=O) groups excluding carboxylic acids is 1. The van der Waals surface area contributed by atoms with E-state index >= 15 is 0 Å². The number of Topliss-reactive ketones (excluding diaryl/α,β-unsaturated/α-hetero) is 1. The molecule has 2 rings (SSSR count). The number of hydrogen-bond acceptors (Lipinski definition) is 2. The van der Waals surface area contributed by atoms with Crippen LogP contribution in [0, 0.1) is 11.6 Å². The largest absolute Gasteiger partial charge is 0.299 e. The van der Waals surface area contributed by atoms with Crippen LogP contribution >= 0.6 is 15.9 Å². The minimum atomic E-state index is -0.712. The van der Waals surface area contributed by atoms with Gasteiger partial charge in [-0.15, -0.1) is 0 Å². The van der Waals surface area contributed by atoms with Gasteiger partial charge in [0.1, 0.15) is 17.4 Å². The molecular weight excluding hydrogens is 328 g/mol. The summed E-state index contributed by atoms with van der Waals surface area (Å²) in [6.45, 7) is 0. The van der Waals surface area contributed by atoms with E-state index in [4.69, 9.17) is 0 Å². The average molecular weight is 340 g/mol. The maximum atomic E-state index is 13.7. The van der Waals surface area contributed by atoms with Crippen molar-refractivity contribution in [1.29, 1.82) is 0 Å². The zero-order chi connectivity index (χ0) is 14.5. The average Bonchev–Trinajstić information content (AvgIpc) is 2.46. The summed E-state index contributed by atoms with van der Waals surface area (Å²) in [5, 5.41) is 0. The quantitative estimate of drug-likeness (QED) is 0.774. The smallest absolute Gasteiger partial charge is 0.143 e. The summed E-state index contributed by atoms with van der Waals surface area (Å²) in [4.78, 5) is 15.9. The molecule has 0 N–H and O–H groups in total. The lowest BCUT2D eigenvalue weighted by Crippen LogP contribution is -2.08. The molecule has 0 aliphatic rings. The highest BCUT2D eigenvalue weighted by atomic mass is 79.9. The molecule has 0 amide bonds. The van der Waals surface area contributed by atoms with E-state index in [9.17, 15) is 13.6 Å². The highest BCUT2D eigenvalue weighted by Gasteiger charge is 2.15. The number of rotatable bonds is 5. The Morgan fingerprint density at radius 3 is 2.70 bits per heavy atom. The van der Waals surface area contributed by atoms with Gasteiger partial charge >= 0.3 is 0 Å². The van der Waals surface area contributed by atoms with E-state index in [-0.39, 0.29) is 28.7 Å². The Labute approximate surface area is 124 Å². The maximum Gasteiger partial charge on any atom is 0.143 e. The van der Waals surface area contributed by atoms with Crippen molar-refractivity contribution in [2.24, 2.45) is 0 Å². The molecule has 1 heterocycles. The second-order valence-corrected chi connectivity index (χ2v) is 5.21. The zero-order valence-corrected chi connectivity index (χ0v) is 12.2. The number of halogens is 3. The van der Waals surface area contributed by atoms with Crippen LogP contribution in [0.25, 0.3) is 0 Å². The maximum absolute atomic E-state index is 13.7. The van der Waals surface area contributed by atoms with Crippen LogP contribution in [-0.4, -0.2) is 10.8 Å². The number of nitrogens with zero attached hydrogens (tertiary/aromatic N) is 1. The first-order valence-corrected chi connectivity index (χ1v) is 6.91. The van der Waals surface area contributed by atoms with Crippen LogP contribution in [0.15, 0.2) is 41.0 Å². The fraction of sp³-hybridized carbons (Fsp3) is 0.200. The van der Waals surface area contributed by atoms with Gasteiger partial charge in [-0.1, -0.05) is 6.07 Å². The first kappa shape index (κ1) is 14.8. The predicted octanol–water partition coefficient (Wildman–Crippen LogP) is 3.87. The van der Waals surface area contributed by atoms with Crippen LogP contribution in [0.3, 0.4) is 0 Å². The molecule has 0 bridgehead atoms. The molecule has 0 atom stereocenters. The van der Waals surface area contributed by atoms with Gasteiger partial charge in [-0.2, -0.15) is 0 Å². The number of benzene rings is 1. The minimum Gasteiger partial charge on any atom is -0.299 e. The molecule has 0 aliphatic heterocycles. The molecule has 20 heavy (non-hydrogen) atoms. The highest BCUT2D eigenvalue weighted by molar-refractivity contribution is 9.10. The van der Waals surface area contributed by atoms with Crippen LogP contribution in [-0.2, 0) is 17.6 Å². The molecule has 0 fully saturated rings. The Kier molecular flexibility index (Phi) is 4.95. The Hall–Kier alpha value is -1.62. The topological polar surface area (TPSA) is 30.0 Å². The second-order valence-electron chi connectivity index (χ2n) is 4.36. The number of hydrogen-bond donors (Lipinski definition) is 0. The van der Waals surface area contributed by atoms with Gasteiger partial charge in [0.05, 0.1) is 4.47 Å². The minimum absolute atomic E-state index is 0.159. The standard InChI is InChI=1S/C15H12BrF2NO/c16-13-6-7-14(17)12(15(13)18)9-11(20)5-4-10-3-1-2-8-19-10/h1-3,6-8H,4-5,9H2. The summed E-state index contributed by atoms with van der Waals surface area (Å²) < 4.78 is 27.4. The van der Waals surface area contributed by atoms with Crippen LogP contribution < -0.4 is 0 Å². The number of aryl methyl sites for hydroxylation is 1. The first-order valence-electron chi connectivity index (χ1n) is 6.12. The van der Waals surface area contributed by atoms with Crippen molar-refractivity contribution in [2.45, 2.75) is 19.3 Å². The molecule has 0 spiro atoms. The van der Waals surface area contributed by atoms with Gasteiger partial charge < -0.3 is 0 Å². The third kappa shape index (κ3) is 3.70. The summed E-state index contributed by atoms with van der Waals surface area (Å²) in [5.41, 5.74) is 0.599. The normalized spacial score (nSPS) is 10.6. The lowest BCUT2D eigenvalue weighted by atomic mass is 10.0. The molecule has 1 aromatic heterocycles. The number of aromatic nitrogens is 1. The van der Waals surface area contributed by atoms with E-state index in [0.29, 0.717) is 6.42 Å². The van der Waals surface area contributed by atoms with Crippen molar-refractivity contribution in [3.8, 4) is 0 Å². The van der Waals surface area contributed by atoms with Crippen molar-refractivity contribution in [2.75, 3.05) is 0 Å². The molecule has 0 radical (unpaired) electrons. The van der Waals surface area contributed by atoms with E-state index in [0.717, 1.165) is 11.8 Å². The number of ketones is 1. The lowest BCUT2D eigenvalue weighted by Gasteiger charge is -2.06. The molecule has 0 aliphatic carbocycles. The number of carbonyl (C=O) groups is 1. The molecule has 2 nitrogen and oxygen atoms in total. The lowest BCUT2D eigenvalue weighted by molar-refractivity contribution is -0.118. The SMILES string of the molecule is O=C(CCc1ccccn1)Cc1c(F)ccc(Br)c1F. The Morgan fingerprint density at radius 2 is 2.00 bits per heavy atom. The summed E-state index contributed by atoms with van der Waals surface area (Å²) in [7, 11) is 0. The van der Waals surface area contributed by atoms with Crippen LogP contribution in [0.2, 0.25) is 0 Å². The van der Waals surface area contributed by atoms with Gasteiger partial charge in [-0.05, 0) is 46.6 Å². The third-order valence-corrected chi connectivity index (χ3v) is 3.51. The van der Waals surface area contributed by atoms with Crippen molar-refractivity contribution in [3.05, 3.63) is 63.9 Å². The van der Waals surface area contributed by atoms with Crippen LogP contribution in [0.5, 0.6) is 0 Å². The molecule has 0 saturated carbocycles. The molecule has 0 unspecified atom stereocenters. The Bertz CT molecular complexity index is 617. The van der Waals surface area contributed by atoms with Gasteiger partial charge in [0.15, 0.2) is 0 Å². The van der Waals surface area contributed by atoms with E-state index in [1.165, 1.54) is 6.07 Å². The molecular formula is C15H12BrF2NO. The van der Waals surface area contributed by atoms with Crippen molar-refractivity contribution < 1.29 is 13.6 Å². The van der Waals surface area contributed by atoms with E-state index in [1.807, 2.05) is 12.1 Å². The van der Waals surface area contributed by atoms with Crippen molar-refractivity contribution in [3.63, 3.8) is 0 Å².